The molecular weight excluding hydrogens is 130 g/mol. The fourth-order valence-corrected chi connectivity index (χ4v) is 0.745. The van der Waals surface area contributed by atoms with E-state index in [1.165, 1.54) is 0 Å². The summed E-state index contributed by atoms with van der Waals surface area (Å²) < 4.78 is 6.58. The van der Waals surface area contributed by atoms with Gasteiger partial charge in [0.05, 0.1) is 12.8 Å². The third kappa shape index (κ3) is 0.814. The summed E-state index contributed by atoms with van der Waals surface area (Å²) in [5.41, 5.74) is 7.15. The van der Waals surface area contributed by atoms with Crippen LogP contribution in [0.4, 0.5) is 5.69 Å². The second kappa shape index (κ2) is 2.21. The van der Waals surface area contributed by atoms with E-state index in [0.717, 1.165) is 5.69 Å². The van der Waals surface area contributed by atoms with Gasteiger partial charge in [0, 0.05) is 7.05 Å². The number of ether oxygens (including phenoxy) is 1. The molecule has 1 rings (SSSR count). The van der Waals surface area contributed by atoms with E-state index in [4.69, 9.17) is 10.5 Å². The molecule has 10 heavy (non-hydrogen) atoms. The molecule has 1 heterocycles. The van der Waals surface area contributed by atoms with Crippen LogP contribution in [0, 0.1) is 6.92 Å². The highest BCUT2D eigenvalue weighted by Crippen LogP contribution is 2.21. The van der Waals surface area contributed by atoms with Crippen LogP contribution in [0.15, 0.2) is 0 Å². The first kappa shape index (κ1) is 6.92. The van der Waals surface area contributed by atoms with Gasteiger partial charge in [0.2, 0.25) is 0 Å². The molecule has 0 fully saturated rings. The van der Waals surface area contributed by atoms with Gasteiger partial charge in [-0.1, -0.05) is 0 Å². The Labute approximate surface area is 59.6 Å². The van der Waals surface area contributed by atoms with Crippen molar-refractivity contribution in [2.75, 3.05) is 12.8 Å². The number of nitrogens with two attached hydrogens (primary N) is 1. The van der Waals surface area contributed by atoms with Crippen molar-refractivity contribution in [2.24, 2.45) is 7.05 Å². The molecule has 0 unspecified atom stereocenters. The second-order valence-corrected chi connectivity index (χ2v) is 2.13. The smallest absolute Gasteiger partial charge is 0.256 e. The summed E-state index contributed by atoms with van der Waals surface area (Å²) in [4.78, 5) is 0. The van der Waals surface area contributed by atoms with Crippen molar-refractivity contribution in [3.63, 3.8) is 0 Å². The maximum atomic E-state index is 5.61. The number of nitrogen functional groups attached to an aromatic ring is 1. The zero-order valence-corrected chi connectivity index (χ0v) is 6.38. The molecule has 0 saturated carbocycles. The molecule has 4 heteroatoms. The van der Waals surface area contributed by atoms with Gasteiger partial charge < -0.3 is 10.5 Å². The number of rotatable bonds is 1. The minimum Gasteiger partial charge on any atom is -0.478 e. The lowest BCUT2D eigenvalue weighted by molar-refractivity contribution is 0.393. The van der Waals surface area contributed by atoms with Crippen LogP contribution in [0.5, 0.6) is 5.88 Å². The molecule has 0 atom stereocenters. The summed E-state index contributed by atoms with van der Waals surface area (Å²) in [7, 11) is 3.38. The van der Waals surface area contributed by atoms with Crippen molar-refractivity contribution in [1.29, 1.82) is 0 Å². The lowest BCUT2D eigenvalue weighted by Gasteiger charge is -1.92. The number of hydrogen-bond donors (Lipinski definition) is 1. The van der Waals surface area contributed by atoms with Crippen LogP contribution in [0.3, 0.4) is 0 Å². The fraction of sp³-hybridized carbons (Fsp3) is 0.500. The highest BCUT2D eigenvalue weighted by atomic mass is 16.5. The molecule has 2 N–H and O–H groups in total. The Morgan fingerprint density at radius 1 is 1.60 bits per heavy atom. The Kier molecular flexibility index (Phi) is 1.53. The molecule has 56 valence electrons. The van der Waals surface area contributed by atoms with Crippen LogP contribution < -0.4 is 10.5 Å². The van der Waals surface area contributed by atoms with E-state index >= 15 is 0 Å². The van der Waals surface area contributed by atoms with Crippen LogP contribution in [0.25, 0.3) is 0 Å². The summed E-state index contributed by atoms with van der Waals surface area (Å²) in [5, 5.41) is 4.00. The van der Waals surface area contributed by atoms with Crippen LogP contribution in [0.2, 0.25) is 0 Å². The van der Waals surface area contributed by atoms with E-state index in [1.807, 2.05) is 14.0 Å². The predicted octanol–water partition coefficient (Wildman–Crippen LogP) is 0.319. The topological polar surface area (TPSA) is 53.1 Å². The maximum Gasteiger partial charge on any atom is 0.256 e. The van der Waals surface area contributed by atoms with Crippen LogP contribution in [-0.4, -0.2) is 16.9 Å². The normalized spacial score (nSPS) is 9.90. The second-order valence-electron chi connectivity index (χ2n) is 2.13. The van der Waals surface area contributed by atoms with Crippen molar-refractivity contribution in [2.45, 2.75) is 6.92 Å². The van der Waals surface area contributed by atoms with Gasteiger partial charge in [-0.05, 0) is 6.92 Å². The van der Waals surface area contributed by atoms with E-state index in [0.29, 0.717) is 11.6 Å². The average molecular weight is 141 g/mol. The SMILES string of the molecule is COc1nn(C)c(C)c1N. The number of methoxy groups -OCH3 is 1. The summed E-state index contributed by atoms with van der Waals surface area (Å²) in [6.45, 7) is 1.89. The zero-order chi connectivity index (χ0) is 7.72. The lowest BCUT2D eigenvalue weighted by Crippen LogP contribution is -1.93. The number of nitrogens with zero attached hydrogens (tertiary/aromatic N) is 2. The van der Waals surface area contributed by atoms with E-state index in [9.17, 15) is 0 Å². The molecule has 4 nitrogen and oxygen atoms in total. The zero-order valence-electron chi connectivity index (χ0n) is 6.38. The van der Waals surface area contributed by atoms with Crippen molar-refractivity contribution in [3.05, 3.63) is 5.69 Å². The minimum atomic E-state index is 0.500. The molecule has 0 aliphatic heterocycles. The van der Waals surface area contributed by atoms with Crippen LogP contribution in [-0.2, 0) is 7.05 Å². The molecule has 1 aromatic heterocycles. The van der Waals surface area contributed by atoms with Gasteiger partial charge in [-0.25, -0.2) is 0 Å². The summed E-state index contributed by atoms with van der Waals surface area (Å²) in [5.74, 6) is 0.500. The van der Waals surface area contributed by atoms with E-state index in [1.54, 1.807) is 11.8 Å². The van der Waals surface area contributed by atoms with E-state index in [2.05, 4.69) is 5.10 Å². The van der Waals surface area contributed by atoms with E-state index in [-0.39, 0.29) is 0 Å². The quantitative estimate of drug-likeness (QED) is 0.612. The Hall–Kier alpha value is -1.19. The lowest BCUT2D eigenvalue weighted by atomic mass is 10.4. The first-order valence-corrected chi connectivity index (χ1v) is 3.00. The van der Waals surface area contributed by atoms with Gasteiger partial charge >= 0.3 is 0 Å². The van der Waals surface area contributed by atoms with Gasteiger partial charge in [-0.3, -0.25) is 4.68 Å². The molecule has 0 saturated heterocycles. The number of anilines is 1. The molecule has 0 aliphatic carbocycles. The Bertz CT molecular complexity index is 241. The molecular formula is C6H11N3O. The third-order valence-electron chi connectivity index (χ3n) is 1.54. The van der Waals surface area contributed by atoms with Crippen molar-refractivity contribution in [3.8, 4) is 5.88 Å². The molecule has 0 aliphatic rings. The molecule has 1 aromatic rings. The Balaban J connectivity index is 3.17. The number of aromatic nitrogens is 2. The monoisotopic (exact) mass is 141 g/mol. The molecule has 0 aromatic carbocycles. The third-order valence-corrected chi connectivity index (χ3v) is 1.54. The van der Waals surface area contributed by atoms with Crippen molar-refractivity contribution in [1.82, 2.24) is 9.78 Å². The van der Waals surface area contributed by atoms with Gasteiger partial charge in [0.1, 0.15) is 5.69 Å². The standard InChI is InChI=1S/C6H11N3O/c1-4-5(7)6(10-3)8-9(4)2/h7H2,1-3H3. The van der Waals surface area contributed by atoms with Gasteiger partial charge in [0.15, 0.2) is 0 Å². The summed E-state index contributed by atoms with van der Waals surface area (Å²) in [6, 6.07) is 0. The summed E-state index contributed by atoms with van der Waals surface area (Å²) in [6.07, 6.45) is 0. The first-order valence-electron chi connectivity index (χ1n) is 3.00. The van der Waals surface area contributed by atoms with Crippen molar-refractivity contribution < 1.29 is 4.74 Å². The van der Waals surface area contributed by atoms with Crippen LogP contribution >= 0.6 is 0 Å². The average Bonchev–Trinajstić information content (AvgIpc) is 2.17. The molecule has 0 radical (unpaired) electrons. The maximum absolute atomic E-state index is 5.61. The number of aryl methyl sites for hydroxylation is 1. The predicted molar refractivity (Wildman–Crippen MR) is 38.9 cm³/mol. The Morgan fingerprint density at radius 3 is 2.40 bits per heavy atom. The van der Waals surface area contributed by atoms with Gasteiger partial charge in [-0.15, -0.1) is 5.10 Å². The van der Waals surface area contributed by atoms with E-state index < -0.39 is 0 Å². The number of hydrogen-bond acceptors (Lipinski definition) is 3. The highest BCUT2D eigenvalue weighted by Gasteiger charge is 2.07. The van der Waals surface area contributed by atoms with Crippen LogP contribution in [0.1, 0.15) is 5.69 Å². The van der Waals surface area contributed by atoms with Crippen molar-refractivity contribution >= 4 is 5.69 Å². The Morgan fingerprint density at radius 2 is 2.20 bits per heavy atom. The molecule has 0 spiro atoms. The first-order chi connectivity index (χ1) is 4.66. The highest BCUT2D eigenvalue weighted by molar-refractivity contribution is 5.51. The largest absolute Gasteiger partial charge is 0.478 e. The fourth-order valence-electron chi connectivity index (χ4n) is 0.745. The van der Waals surface area contributed by atoms with Gasteiger partial charge in [-0.2, -0.15) is 0 Å². The molecule has 0 amide bonds. The summed E-state index contributed by atoms with van der Waals surface area (Å²) >= 11 is 0. The minimum absolute atomic E-state index is 0.500. The van der Waals surface area contributed by atoms with Gasteiger partial charge in [0.25, 0.3) is 5.88 Å². The molecule has 0 bridgehead atoms.